The normalized spacial score (nSPS) is 35.4. The molecule has 2 aliphatic carbocycles. The molecule has 0 heterocycles. The first kappa shape index (κ1) is 12.1. The van der Waals surface area contributed by atoms with Gasteiger partial charge in [0.2, 0.25) is 0 Å². The maximum atomic E-state index is 11.3. The van der Waals surface area contributed by atoms with Crippen molar-refractivity contribution >= 4 is 11.9 Å². The van der Waals surface area contributed by atoms with Crippen molar-refractivity contribution in [3.63, 3.8) is 0 Å². The highest BCUT2D eigenvalue weighted by Crippen LogP contribution is 2.57. The molecule has 4 nitrogen and oxygen atoms in total. The van der Waals surface area contributed by atoms with Crippen LogP contribution in [0.1, 0.15) is 33.1 Å². The SMILES string of the molecule is CCC1=C(CC)C2CC1C(C(=O)O)C2C(=O)O. The van der Waals surface area contributed by atoms with Crippen LogP contribution in [-0.2, 0) is 9.59 Å². The average Bonchev–Trinajstić information content (AvgIpc) is 2.81. The fourth-order valence-electron chi connectivity index (χ4n) is 3.89. The number of rotatable bonds is 4. The number of carboxylic acid groups (broad SMARTS) is 2. The van der Waals surface area contributed by atoms with Crippen LogP contribution in [0.15, 0.2) is 11.1 Å². The summed E-state index contributed by atoms with van der Waals surface area (Å²) in [5.74, 6) is -3.43. The van der Waals surface area contributed by atoms with Crippen LogP contribution in [0.4, 0.5) is 0 Å². The van der Waals surface area contributed by atoms with Crippen LogP contribution in [0.2, 0.25) is 0 Å². The Bertz CT molecular complexity index is 360. The summed E-state index contributed by atoms with van der Waals surface area (Å²) >= 11 is 0. The van der Waals surface area contributed by atoms with Gasteiger partial charge in [0.25, 0.3) is 0 Å². The highest BCUT2D eigenvalue weighted by Gasteiger charge is 2.56. The smallest absolute Gasteiger partial charge is 0.308 e. The minimum Gasteiger partial charge on any atom is -0.481 e. The van der Waals surface area contributed by atoms with Crippen molar-refractivity contribution in [3.05, 3.63) is 11.1 Å². The van der Waals surface area contributed by atoms with Gasteiger partial charge >= 0.3 is 11.9 Å². The largest absolute Gasteiger partial charge is 0.481 e. The molecule has 1 saturated carbocycles. The van der Waals surface area contributed by atoms with E-state index in [-0.39, 0.29) is 11.8 Å². The highest BCUT2D eigenvalue weighted by atomic mass is 16.4. The molecule has 94 valence electrons. The van der Waals surface area contributed by atoms with E-state index in [2.05, 4.69) is 0 Å². The molecule has 2 N–H and O–H groups in total. The van der Waals surface area contributed by atoms with E-state index in [0.29, 0.717) is 0 Å². The van der Waals surface area contributed by atoms with Gasteiger partial charge in [-0.15, -0.1) is 0 Å². The lowest BCUT2D eigenvalue weighted by Gasteiger charge is -2.29. The lowest BCUT2D eigenvalue weighted by Crippen LogP contribution is -2.35. The molecule has 0 aromatic carbocycles. The van der Waals surface area contributed by atoms with Crippen molar-refractivity contribution in [3.8, 4) is 0 Å². The minimum absolute atomic E-state index is 0.0430. The summed E-state index contributed by atoms with van der Waals surface area (Å²) < 4.78 is 0. The zero-order valence-electron chi connectivity index (χ0n) is 10.1. The summed E-state index contributed by atoms with van der Waals surface area (Å²) in [5.41, 5.74) is 2.42. The summed E-state index contributed by atoms with van der Waals surface area (Å²) in [7, 11) is 0. The predicted molar refractivity (Wildman–Crippen MR) is 61.5 cm³/mol. The van der Waals surface area contributed by atoms with Gasteiger partial charge in [0.05, 0.1) is 11.8 Å². The number of hydrogen-bond acceptors (Lipinski definition) is 2. The van der Waals surface area contributed by atoms with Crippen molar-refractivity contribution in [2.24, 2.45) is 23.7 Å². The predicted octanol–water partition coefficient (Wildman–Crippen LogP) is 2.15. The second-order valence-corrected chi connectivity index (χ2v) is 4.93. The third-order valence-corrected chi connectivity index (χ3v) is 4.40. The quantitative estimate of drug-likeness (QED) is 0.736. The van der Waals surface area contributed by atoms with Crippen LogP contribution < -0.4 is 0 Å². The van der Waals surface area contributed by atoms with Crippen molar-refractivity contribution < 1.29 is 19.8 Å². The average molecular weight is 238 g/mol. The third-order valence-electron chi connectivity index (χ3n) is 4.40. The topological polar surface area (TPSA) is 74.6 Å². The molecular formula is C13H18O4. The van der Waals surface area contributed by atoms with Crippen LogP contribution in [0.3, 0.4) is 0 Å². The van der Waals surface area contributed by atoms with Gasteiger partial charge in [-0.05, 0) is 31.1 Å². The minimum atomic E-state index is -0.953. The first-order valence-corrected chi connectivity index (χ1v) is 6.20. The Morgan fingerprint density at radius 1 is 1.00 bits per heavy atom. The van der Waals surface area contributed by atoms with E-state index >= 15 is 0 Å². The fraction of sp³-hybridized carbons (Fsp3) is 0.692. The van der Waals surface area contributed by atoms with Gasteiger partial charge in [-0.2, -0.15) is 0 Å². The van der Waals surface area contributed by atoms with Gasteiger partial charge in [0, 0.05) is 0 Å². The van der Waals surface area contributed by atoms with Crippen molar-refractivity contribution in [2.75, 3.05) is 0 Å². The second-order valence-electron chi connectivity index (χ2n) is 4.93. The zero-order chi connectivity index (χ0) is 12.7. The van der Waals surface area contributed by atoms with Gasteiger partial charge in [0.15, 0.2) is 0 Å². The van der Waals surface area contributed by atoms with Gasteiger partial charge in [-0.25, -0.2) is 0 Å². The number of hydrogen-bond donors (Lipinski definition) is 2. The van der Waals surface area contributed by atoms with Crippen molar-refractivity contribution in [1.29, 1.82) is 0 Å². The van der Waals surface area contributed by atoms with E-state index in [1.54, 1.807) is 0 Å². The fourth-order valence-corrected chi connectivity index (χ4v) is 3.89. The van der Waals surface area contributed by atoms with Gasteiger partial charge in [-0.3, -0.25) is 9.59 Å². The molecule has 2 aliphatic rings. The van der Waals surface area contributed by atoms with Gasteiger partial charge in [-0.1, -0.05) is 25.0 Å². The van der Waals surface area contributed by atoms with Crippen molar-refractivity contribution in [2.45, 2.75) is 33.1 Å². The van der Waals surface area contributed by atoms with E-state index in [1.165, 1.54) is 11.1 Å². The maximum Gasteiger partial charge on any atom is 0.308 e. The van der Waals surface area contributed by atoms with E-state index in [9.17, 15) is 19.8 Å². The van der Waals surface area contributed by atoms with Gasteiger partial charge in [0.1, 0.15) is 0 Å². The maximum absolute atomic E-state index is 11.3. The molecule has 0 aromatic heterocycles. The highest BCUT2D eigenvalue weighted by molar-refractivity contribution is 5.83. The Kier molecular flexibility index (Phi) is 2.98. The lowest BCUT2D eigenvalue weighted by atomic mass is 9.74. The molecule has 4 unspecified atom stereocenters. The molecule has 2 rings (SSSR count). The Hall–Kier alpha value is -1.32. The molecule has 0 spiro atoms. The molecule has 4 heteroatoms. The molecular weight excluding hydrogens is 220 g/mol. The van der Waals surface area contributed by atoms with Crippen LogP contribution in [-0.4, -0.2) is 22.2 Å². The van der Waals surface area contributed by atoms with Crippen LogP contribution in [0, 0.1) is 23.7 Å². The Morgan fingerprint density at radius 3 is 1.59 bits per heavy atom. The molecule has 2 bridgehead atoms. The summed E-state index contributed by atoms with van der Waals surface area (Å²) in [5, 5.41) is 18.5. The molecule has 0 aromatic rings. The Balaban J connectivity index is 2.44. The van der Waals surface area contributed by atoms with Crippen LogP contribution in [0.5, 0.6) is 0 Å². The first-order valence-electron chi connectivity index (χ1n) is 6.20. The number of carbonyl (C=O) groups is 2. The second kappa shape index (κ2) is 4.17. The van der Waals surface area contributed by atoms with Crippen molar-refractivity contribution in [1.82, 2.24) is 0 Å². The van der Waals surface area contributed by atoms with Crippen LogP contribution in [0.25, 0.3) is 0 Å². The number of aliphatic carboxylic acids is 2. The molecule has 0 amide bonds. The molecule has 0 saturated heterocycles. The number of fused-ring (bicyclic) bond motifs is 2. The van der Waals surface area contributed by atoms with E-state index < -0.39 is 23.8 Å². The standard InChI is InChI=1S/C13H18O4/c1-3-6-7(4-2)9-5-8(6)10(12(14)15)11(9)13(16)17/h8-11H,3-5H2,1-2H3,(H,14,15)(H,16,17). The summed E-state index contributed by atoms with van der Waals surface area (Å²) in [4.78, 5) is 22.6. The molecule has 17 heavy (non-hydrogen) atoms. The monoisotopic (exact) mass is 238 g/mol. The molecule has 0 aliphatic heterocycles. The summed E-state index contributed by atoms with van der Waals surface area (Å²) in [6.45, 7) is 4.06. The summed E-state index contributed by atoms with van der Waals surface area (Å²) in [6, 6.07) is 0. The van der Waals surface area contributed by atoms with Crippen LogP contribution >= 0.6 is 0 Å². The van der Waals surface area contributed by atoms with Gasteiger partial charge < -0.3 is 10.2 Å². The Morgan fingerprint density at radius 2 is 1.35 bits per heavy atom. The van der Waals surface area contributed by atoms with E-state index in [1.807, 2.05) is 13.8 Å². The van der Waals surface area contributed by atoms with E-state index in [4.69, 9.17) is 0 Å². The lowest BCUT2D eigenvalue weighted by molar-refractivity contribution is -0.154. The molecule has 1 fully saturated rings. The number of carboxylic acids is 2. The Labute approximate surface area is 100 Å². The number of allylic oxidation sites excluding steroid dienone is 2. The molecule has 0 radical (unpaired) electrons. The molecule has 4 atom stereocenters. The summed E-state index contributed by atoms with van der Waals surface area (Å²) in [6.07, 6.45) is 2.42. The zero-order valence-corrected chi connectivity index (χ0v) is 10.1. The first-order chi connectivity index (χ1) is 8.02. The van der Waals surface area contributed by atoms with E-state index in [0.717, 1.165) is 19.3 Å². The third kappa shape index (κ3) is 1.58.